The second-order valence-electron chi connectivity index (χ2n) is 4.53. The van der Waals surface area contributed by atoms with Crippen LogP contribution in [0.15, 0.2) is 12.2 Å². The maximum absolute atomic E-state index is 11.0. The quantitative estimate of drug-likeness (QED) is 0.752. The van der Waals surface area contributed by atoms with Gasteiger partial charge in [0.25, 0.3) is 0 Å². The first-order valence-electron chi connectivity index (χ1n) is 6.37. The number of hydrogen-bond acceptors (Lipinski definition) is 3. The van der Waals surface area contributed by atoms with Gasteiger partial charge in [0.1, 0.15) is 6.04 Å². The average molecular weight is 271 g/mol. The summed E-state index contributed by atoms with van der Waals surface area (Å²) in [6, 6.07) is -0.786. The van der Waals surface area contributed by atoms with Crippen LogP contribution < -0.4 is 5.32 Å². The van der Waals surface area contributed by atoms with Crippen LogP contribution in [0.1, 0.15) is 39.0 Å². The van der Waals surface area contributed by atoms with Crippen molar-refractivity contribution in [2.75, 3.05) is 5.75 Å². The van der Waals surface area contributed by atoms with Crippen molar-refractivity contribution in [2.24, 2.45) is 0 Å². The molecule has 0 bridgehead atoms. The van der Waals surface area contributed by atoms with Crippen LogP contribution in [0.25, 0.3) is 0 Å². The second-order valence-corrected chi connectivity index (χ2v) is 5.80. The number of carboxylic acids is 1. The van der Waals surface area contributed by atoms with Gasteiger partial charge in [-0.2, -0.15) is 11.8 Å². The van der Waals surface area contributed by atoms with Crippen LogP contribution in [0.2, 0.25) is 0 Å². The summed E-state index contributed by atoms with van der Waals surface area (Å²) in [5.41, 5.74) is 0. The molecule has 0 heterocycles. The van der Waals surface area contributed by atoms with Gasteiger partial charge in [0.05, 0.1) is 0 Å². The van der Waals surface area contributed by atoms with Crippen LogP contribution in [-0.2, 0) is 9.59 Å². The fourth-order valence-corrected chi connectivity index (χ4v) is 3.13. The number of carboxylic acid groups (broad SMARTS) is 1. The number of hydrogen-bond donors (Lipinski definition) is 2. The maximum Gasteiger partial charge on any atom is 0.327 e. The third kappa shape index (κ3) is 6.10. The van der Waals surface area contributed by atoms with Crippen molar-refractivity contribution in [2.45, 2.75) is 50.3 Å². The summed E-state index contributed by atoms with van der Waals surface area (Å²) >= 11 is 1.62. The van der Waals surface area contributed by atoms with Crippen molar-refractivity contribution in [1.82, 2.24) is 5.32 Å². The van der Waals surface area contributed by atoms with E-state index >= 15 is 0 Å². The van der Waals surface area contributed by atoms with Crippen LogP contribution in [0.4, 0.5) is 0 Å². The first-order chi connectivity index (χ1) is 8.59. The Morgan fingerprint density at radius 2 is 2.22 bits per heavy atom. The van der Waals surface area contributed by atoms with Crippen molar-refractivity contribution in [3.63, 3.8) is 0 Å². The van der Waals surface area contributed by atoms with E-state index in [-0.39, 0.29) is 5.91 Å². The summed E-state index contributed by atoms with van der Waals surface area (Å²) in [6.07, 6.45) is 10.3. The molecule has 0 aromatic rings. The summed E-state index contributed by atoms with van der Waals surface area (Å²) < 4.78 is 0. The molecule has 1 aliphatic rings. The fourth-order valence-electron chi connectivity index (χ4n) is 1.91. The molecular formula is C13H21NO3S. The van der Waals surface area contributed by atoms with Crippen molar-refractivity contribution in [3.8, 4) is 0 Å². The summed E-state index contributed by atoms with van der Waals surface area (Å²) in [7, 11) is 0. The molecule has 0 saturated heterocycles. The smallest absolute Gasteiger partial charge is 0.327 e. The topological polar surface area (TPSA) is 66.4 Å². The fraction of sp³-hybridized carbons (Fsp3) is 0.692. The van der Waals surface area contributed by atoms with Crippen LogP contribution in [0, 0.1) is 0 Å². The number of amides is 1. The Labute approximate surface area is 112 Å². The molecule has 2 N–H and O–H groups in total. The Morgan fingerprint density at radius 3 is 2.89 bits per heavy atom. The van der Waals surface area contributed by atoms with Gasteiger partial charge in [-0.15, -0.1) is 0 Å². The molecular weight excluding hydrogens is 250 g/mol. The molecule has 0 saturated carbocycles. The molecule has 0 radical (unpaired) electrons. The van der Waals surface area contributed by atoms with Gasteiger partial charge in [0.15, 0.2) is 0 Å². The first kappa shape index (κ1) is 15.1. The Bertz CT molecular complexity index is 317. The third-order valence-corrected chi connectivity index (χ3v) is 4.21. The normalized spacial score (nSPS) is 23.5. The molecule has 0 spiro atoms. The van der Waals surface area contributed by atoms with E-state index in [0.717, 1.165) is 12.8 Å². The minimum absolute atomic E-state index is 0.295. The van der Waals surface area contributed by atoms with Gasteiger partial charge in [-0.25, -0.2) is 4.79 Å². The molecule has 18 heavy (non-hydrogen) atoms. The van der Waals surface area contributed by atoms with Crippen LogP contribution in [0.5, 0.6) is 0 Å². The summed E-state index contributed by atoms with van der Waals surface area (Å²) in [6.45, 7) is 1.34. The average Bonchev–Trinajstić information content (AvgIpc) is 2.24. The van der Waals surface area contributed by atoms with Crippen molar-refractivity contribution in [3.05, 3.63) is 12.2 Å². The van der Waals surface area contributed by atoms with E-state index < -0.39 is 12.0 Å². The van der Waals surface area contributed by atoms with Gasteiger partial charge < -0.3 is 10.4 Å². The van der Waals surface area contributed by atoms with Crippen LogP contribution in [0.3, 0.4) is 0 Å². The largest absolute Gasteiger partial charge is 0.480 e. The number of rotatable bonds is 5. The Morgan fingerprint density at radius 1 is 1.44 bits per heavy atom. The molecule has 0 fully saturated rings. The molecule has 102 valence electrons. The number of carbonyl (C=O) groups excluding carboxylic acids is 1. The van der Waals surface area contributed by atoms with Gasteiger partial charge in [0, 0.05) is 17.9 Å². The summed E-state index contributed by atoms with van der Waals surface area (Å²) in [5, 5.41) is 11.8. The molecule has 0 aromatic carbocycles. The molecule has 1 rings (SSSR count). The van der Waals surface area contributed by atoms with E-state index in [0.29, 0.717) is 11.0 Å². The number of carbonyl (C=O) groups is 2. The Hall–Kier alpha value is -0.970. The van der Waals surface area contributed by atoms with Crippen molar-refractivity contribution < 1.29 is 14.7 Å². The number of nitrogens with one attached hydrogen (secondary N) is 1. The zero-order valence-corrected chi connectivity index (χ0v) is 11.5. The van der Waals surface area contributed by atoms with E-state index in [9.17, 15) is 9.59 Å². The predicted octanol–water partition coefficient (Wildman–Crippen LogP) is 2.20. The van der Waals surface area contributed by atoms with E-state index in [1.165, 1.54) is 26.2 Å². The van der Waals surface area contributed by atoms with Gasteiger partial charge >= 0.3 is 5.97 Å². The lowest BCUT2D eigenvalue weighted by molar-refractivity contribution is -0.140. The maximum atomic E-state index is 11.0. The highest BCUT2D eigenvalue weighted by molar-refractivity contribution is 8.00. The second kappa shape index (κ2) is 8.19. The SMILES string of the molecule is CC(=O)N[C@@H](CSC1/C=C/CCCCC1)C(=O)O. The molecule has 1 amide bonds. The molecule has 0 aliphatic heterocycles. The monoisotopic (exact) mass is 271 g/mol. The zero-order chi connectivity index (χ0) is 13.4. The minimum Gasteiger partial charge on any atom is -0.480 e. The first-order valence-corrected chi connectivity index (χ1v) is 7.42. The summed E-state index contributed by atoms with van der Waals surface area (Å²) in [4.78, 5) is 21.9. The Kier molecular flexibility index (Phi) is 6.86. The van der Waals surface area contributed by atoms with Gasteiger partial charge in [-0.3, -0.25) is 4.79 Å². The predicted molar refractivity (Wildman–Crippen MR) is 73.7 cm³/mol. The number of allylic oxidation sites excluding steroid dienone is 1. The summed E-state index contributed by atoms with van der Waals surface area (Å²) in [5.74, 6) is -0.840. The molecule has 5 heteroatoms. The molecule has 0 aromatic heterocycles. The van der Waals surface area contributed by atoms with Gasteiger partial charge in [-0.05, 0) is 19.3 Å². The van der Waals surface area contributed by atoms with E-state index in [1.807, 2.05) is 0 Å². The van der Waals surface area contributed by atoms with E-state index in [4.69, 9.17) is 5.11 Å². The highest BCUT2D eigenvalue weighted by atomic mass is 32.2. The minimum atomic E-state index is -0.965. The molecule has 1 aliphatic carbocycles. The number of thioether (sulfide) groups is 1. The van der Waals surface area contributed by atoms with Crippen molar-refractivity contribution >= 4 is 23.6 Å². The highest BCUT2D eigenvalue weighted by Crippen LogP contribution is 2.23. The Balaban J connectivity index is 2.42. The van der Waals surface area contributed by atoms with Crippen molar-refractivity contribution in [1.29, 1.82) is 0 Å². The lowest BCUT2D eigenvalue weighted by atomic mass is 10.1. The molecule has 4 nitrogen and oxygen atoms in total. The van der Waals surface area contributed by atoms with Gasteiger partial charge in [0.2, 0.25) is 5.91 Å². The molecule has 2 atom stereocenters. The zero-order valence-electron chi connectivity index (χ0n) is 10.7. The standard InChI is InChI=1S/C13H21NO3S/c1-10(15)14-12(13(16)17)9-18-11-7-5-3-2-4-6-8-11/h5,7,11-12H,2-4,6,8-9H2,1H3,(H,14,15)(H,16,17)/b7-5+/t11?,12-/m0/s1. The van der Waals surface area contributed by atoms with Gasteiger partial charge in [-0.1, -0.05) is 25.0 Å². The number of aliphatic carboxylic acids is 1. The third-order valence-electron chi connectivity index (χ3n) is 2.86. The molecule has 1 unspecified atom stereocenters. The highest BCUT2D eigenvalue weighted by Gasteiger charge is 2.20. The lowest BCUT2D eigenvalue weighted by Crippen LogP contribution is -2.41. The lowest BCUT2D eigenvalue weighted by Gasteiger charge is -2.18. The van der Waals surface area contributed by atoms with Crippen LogP contribution in [-0.4, -0.2) is 34.0 Å². The van der Waals surface area contributed by atoms with E-state index in [1.54, 1.807) is 11.8 Å². The van der Waals surface area contributed by atoms with E-state index in [2.05, 4.69) is 17.5 Å². The van der Waals surface area contributed by atoms with Crippen LogP contribution >= 0.6 is 11.8 Å².